The molecule has 0 heterocycles. The molecular weight excluding hydrogens is 240 g/mol. The Kier molecular flexibility index (Phi) is 4.90. The van der Waals surface area contributed by atoms with E-state index in [1.807, 2.05) is 0 Å². The topological polar surface area (TPSA) is 60.4 Å². The molecule has 1 unspecified atom stereocenters. The van der Waals surface area contributed by atoms with Gasteiger partial charge in [0.05, 0.1) is 7.11 Å². The normalized spacial score (nSPS) is 11.6. The molecule has 0 amide bonds. The number of hydrogen-bond donors (Lipinski definition) is 0. The number of benzene rings is 1. The predicted molar refractivity (Wildman–Crippen MR) is 64.2 cm³/mol. The van der Waals surface area contributed by atoms with Crippen molar-refractivity contribution in [3.63, 3.8) is 0 Å². The molecule has 0 aliphatic carbocycles. The van der Waals surface area contributed by atoms with Crippen LogP contribution in [0.4, 0.5) is 0 Å². The fourth-order valence-corrected chi connectivity index (χ4v) is 2.08. The van der Waals surface area contributed by atoms with E-state index >= 15 is 0 Å². The summed E-state index contributed by atoms with van der Waals surface area (Å²) < 4.78 is 4.50. The summed E-state index contributed by atoms with van der Waals surface area (Å²) in [6.07, 6.45) is 0.525. The molecule has 1 aromatic rings. The maximum atomic E-state index is 11.2. The van der Waals surface area contributed by atoms with Gasteiger partial charge in [-0.2, -0.15) is 0 Å². The van der Waals surface area contributed by atoms with Gasteiger partial charge in [-0.25, -0.2) is 0 Å². The number of ketones is 1. The zero-order valence-electron chi connectivity index (χ0n) is 9.51. The molecule has 0 saturated heterocycles. The van der Waals surface area contributed by atoms with Crippen LogP contribution in [0.2, 0.25) is 0 Å². The summed E-state index contributed by atoms with van der Waals surface area (Å²) in [6, 6.07) is 6.77. The van der Waals surface area contributed by atoms with Crippen LogP contribution in [0.15, 0.2) is 29.2 Å². The lowest BCUT2D eigenvalue weighted by Crippen LogP contribution is -2.19. The van der Waals surface area contributed by atoms with E-state index < -0.39 is 11.2 Å². The number of hydrogen-bond acceptors (Lipinski definition) is 5. The van der Waals surface area contributed by atoms with E-state index in [1.54, 1.807) is 24.3 Å². The predicted octanol–water partition coefficient (Wildman–Crippen LogP) is 1.72. The molecule has 1 aromatic carbocycles. The van der Waals surface area contributed by atoms with Crippen LogP contribution in [-0.4, -0.2) is 30.4 Å². The highest BCUT2D eigenvalue weighted by molar-refractivity contribution is 8.01. The van der Waals surface area contributed by atoms with E-state index in [0.717, 1.165) is 11.8 Å². The quantitative estimate of drug-likeness (QED) is 0.262. The molecule has 0 N–H and O–H groups in total. The molecule has 5 heteroatoms. The number of esters is 1. The Morgan fingerprint density at radius 3 is 2.65 bits per heavy atom. The first-order chi connectivity index (χ1) is 8.08. The number of aldehydes is 1. The van der Waals surface area contributed by atoms with Gasteiger partial charge in [0.25, 0.3) is 0 Å². The Bertz CT molecular complexity index is 442. The Balaban J connectivity index is 2.86. The van der Waals surface area contributed by atoms with Crippen molar-refractivity contribution >= 4 is 29.8 Å². The lowest BCUT2D eigenvalue weighted by Gasteiger charge is -2.08. The summed E-state index contributed by atoms with van der Waals surface area (Å²) in [6.45, 7) is 1.46. The highest BCUT2D eigenvalue weighted by Gasteiger charge is 2.19. The maximum absolute atomic E-state index is 11.2. The Labute approximate surface area is 103 Å². The molecule has 17 heavy (non-hydrogen) atoms. The largest absolute Gasteiger partial charge is 0.468 e. The van der Waals surface area contributed by atoms with Crippen LogP contribution in [0.25, 0.3) is 0 Å². The Hall–Kier alpha value is -1.62. The smallest absolute Gasteiger partial charge is 0.326 e. The number of rotatable bonds is 5. The zero-order chi connectivity index (χ0) is 12.8. The van der Waals surface area contributed by atoms with Gasteiger partial charge in [-0.1, -0.05) is 12.1 Å². The third-order valence-corrected chi connectivity index (χ3v) is 3.14. The number of Topliss-reactive ketones (excluding diaryl/α,β-unsaturated/α-hetero) is 1. The van der Waals surface area contributed by atoms with Crippen molar-refractivity contribution < 1.29 is 19.1 Å². The van der Waals surface area contributed by atoms with Crippen LogP contribution in [0, 0.1) is 0 Å². The van der Waals surface area contributed by atoms with Crippen molar-refractivity contribution in [3.8, 4) is 0 Å². The van der Waals surface area contributed by atoms with Crippen molar-refractivity contribution in [2.24, 2.45) is 0 Å². The number of carbonyl (C=O) groups excluding carboxylic acids is 3. The molecule has 4 nitrogen and oxygen atoms in total. The number of methoxy groups -OCH3 is 1. The summed E-state index contributed by atoms with van der Waals surface area (Å²) in [4.78, 5) is 33.8. The molecule has 1 rings (SSSR count). The van der Waals surface area contributed by atoms with Gasteiger partial charge in [0.1, 0.15) is 6.29 Å². The Morgan fingerprint density at radius 2 is 2.12 bits per heavy atom. The number of thioether (sulfide) groups is 1. The molecule has 0 aliphatic rings. The minimum absolute atomic E-state index is 0.0619. The first-order valence-corrected chi connectivity index (χ1v) is 5.77. The average Bonchev–Trinajstić information content (AvgIpc) is 2.35. The van der Waals surface area contributed by atoms with Gasteiger partial charge in [-0.3, -0.25) is 9.59 Å². The SMILES string of the molecule is COC(=O)C(C=O)Sc1cccc(C(C)=O)c1. The zero-order valence-corrected chi connectivity index (χ0v) is 10.3. The number of ether oxygens (including phenoxy) is 1. The molecule has 0 fully saturated rings. The summed E-state index contributed by atoms with van der Waals surface area (Å²) >= 11 is 1.06. The van der Waals surface area contributed by atoms with Gasteiger partial charge < -0.3 is 9.53 Å². The molecule has 1 atom stereocenters. The van der Waals surface area contributed by atoms with Crippen molar-refractivity contribution in [2.75, 3.05) is 7.11 Å². The molecule has 0 saturated carbocycles. The van der Waals surface area contributed by atoms with Crippen LogP contribution in [0.5, 0.6) is 0 Å². The molecular formula is C12H12O4S. The summed E-state index contributed by atoms with van der Waals surface area (Å²) in [5.41, 5.74) is 0.546. The van der Waals surface area contributed by atoms with E-state index in [-0.39, 0.29) is 5.78 Å². The van der Waals surface area contributed by atoms with Gasteiger partial charge in [0, 0.05) is 10.5 Å². The second kappa shape index (κ2) is 6.20. The van der Waals surface area contributed by atoms with Crippen LogP contribution >= 0.6 is 11.8 Å². The van der Waals surface area contributed by atoms with Crippen molar-refractivity contribution in [2.45, 2.75) is 17.1 Å². The third-order valence-electron chi connectivity index (χ3n) is 2.06. The fourth-order valence-electron chi connectivity index (χ4n) is 1.18. The van der Waals surface area contributed by atoms with Gasteiger partial charge in [-0.05, 0) is 19.1 Å². The van der Waals surface area contributed by atoms with Gasteiger partial charge in [0.2, 0.25) is 0 Å². The van der Waals surface area contributed by atoms with E-state index in [1.165, 1.54) is 14.0 Å². The third kappa shape index (κ3) is 3.71. The van der Waals surface area contributed by atoms with Crippen molar-refractivity contribution in [3.05, 3.63) is 29.8 Å². The monoisotopic (exact) mass is 252 g/mol. The van der Waals surface area contributed by atoms with Gasteiger partial charge in [-0.15, -0.1) is 11.8 Å². The molecule has 0 aliphatic heterocycles. The van der Waals surface area contributed by atoms with Crippen LogP contribution in [0.3, 0.4) is 0 Å². The molecule has 0 radical (unpaired) electrons. The first-order valence-electron chi connectivity index (χ1n) is 4.89. The Morgan fingerprint density at radius 1 is 1.41 bits per heavy atom. The van der Waals surface area contributed by atoms with Crippen molar-refractivity contribution in [1.29, 1.82) is 0 Å². The summed E-state index contributed by atoms with van der Waals surface area (Å²) in [5.74, 6) is -0.661. The van der Waals surface area contributed by atoms with E-state index in [4.69, 9.17) is 0 Å². The first kappa shape index (κ1) is 13.4. The molecule has 0 bridgehead atoms. The van der Waals surface area contributed by atoms with Crippen molar-refractivity contribution in [1.82, 2.24) is 0 Å². The van der Waals surface area contributed by atoms with Crippen LogP contribution in [-0.2, 0) is 14.3 Å². The average molecular weight is 252 g/mol. The van der Waals surface area contributed by atoms with E-state index in [0.29, 0.717) is 16.7 Å². The lowest BCUT2D eigenvalue weighted by atomic mass is 10.2. The second-order valence-electron chi connectivity index (χ2n) is 3.28. The second-order valence-corrected chi connectivity index (χ2v) is 4.50. The summed E-state index contributed by atoms with van der Waals surface area (Å²) in [7, 11) is 1.23. The summed E-state index contributed by atoms with van der Waals surface area (Å²) in [5, 5.41) is -0.901. The minimum atomic E-state index is -0.901. The van der Waals surface area contributed by atoms with Crippen LogP contribution in [0.1, 0.15) is 17.3 Å². The van der Waals surface area contributed by atoms with Gasteiger partial charge >= 0.3 is 5.97 Å². The molecule has 0 spiro atoms. The number of carbonyl (C=O) groups is 3. The highest BCUT2D eigenvalue weighted by atomic mass is 32.2. The fraction of sp³-hybridized carbons (Fsp3) is 0.250. The molecule has 0 aromatic heterocycles. The maximum Gasteiger partial charge on any atom is 0.326 e. The minimum Gasteiger partial charge on any atom is -0.468 e. The lowest BCUT2D eigenvalue weighted by molar-refractivity contribution is -0.140. The standard InChI is InChI=1S/C12H12O4S/c1-8(14)9-4-3-5-10(6-9)17-11(7-13)12(15)16-2/h3-7,11H,1-2H3. The van der Waals surface area contributed by atoms with Gasteiger partial charge in [0.15, 0.2) is 11.0 Å². The highest BCUT2D eigenvalue weighted by Crippen LogP contribution is 2.24. The van der Waals surface area contributed by atoms with Crippen LogP contribution < -0.4 is 0 Å². The molecule has 90 valence electrons. The van der Waals surface area contributed by atoms with E-state index in [9.17, 15) is 14.4 Å². The van der Waals surface area contributed by atoms with E-state index in [2.05, 4.69) is 4.74 Å².